The number of rotatable bonds is 15. The van der Waals surface area contributed by atoms with Crippen molar-refractivity contribution in [2.75, 3.05) is 53.3 Å². The highest BCUT2D eigenvalue weighted by molar-refractivity contribution is 5.90. The van der Waals surface area contributed by atoms with Crippen molar-refractivity contribution < 1.29 is 29.1 Å². The fourth-order valence-corrected chi connectivity index (χ4v) is 3.84. The van der Waals surface area contributed by atoms with Gasteiger partial charge in [0.2, 0.25) is 23.5 Å². The predicted octanol–water partition coefficient (Wildman–Crippen LogP) is 2.42. The fraction of sp³-hybridized carbons (Fsp3) is 0.458. The summed E-state index contributed by atoms with van der Waals surface area (Å²) in [5.74, 6) is 1.21. The van der Waals surface area contributed by atoms with Crippen molar-refractivity contribution in [1.82, 2.24) is 20.2 Å². The van der Waals surface area contributed by atoms with Gasteiger partial charge in [0.05, 0.1) is 27.0 Å². The summed E-state index contributed by atoms with van der Waals surface area (Å²) in [6.07, 6.45) is 5.09. The van der Waals surface area contributed by atoms with Crippen LogP contribution in [0, 0.1) is 0 Å². The Bertz CT molecular complexity index is 1120. The maximum atomic E-state index is 10.8. The Kier molecular flexibility index (Phi) is 9.50. The molecule has 0 aliphatic rings. The molecule has 35 heavy (non-hydrogen) atoms. The van der Waals surface area contributed by atoms with Crippen LogP contribution in [0.3, 0.4) is 0 Å². The van der Waals surface area contributed by atoms with E-state index in [0.717, 1.165) is 42.7 Å². The molecule has 1 aromatic carbocycles. The van der Waals surface area contributed by atoms with Crippen molar-refractivity contribution in [2.45, 2.75) is 25.8 Å². The van der Waals surface area contributed by atoms with Crippen molar-refractivity contribution in [3.63, 3.8) is 0 Å². The molecule has 190 valence electrons. The van der Waals surface area contributed by atoms with Gasteiger partial charge < -0.3 is 34.9 Å². The van der Waals surface area contributed by atoms with Crippen LogP contribution < -0.4 is 29.8 Å². The molecule has 0 radical (unpaired) electrons. The number of aliphatic carboxylic acids is 1. The van der Waals surface area contributed by atoms with E-state index in [4.69, 9.17) is 19.3 Å². The molecule has 11 nitrogen and oxygen atoms in total. The second-order valence-electron chi connectivity index (χ2n) is 8.19. The number of hydrogen-bond donors (Lipinski definition) is 4. The number of H-pyrrole nitrogens is 2. The maximum Gasteiger partial charge on any atom is 0.303 e. The summed E-state index contributed by atoms with van der Waals surface area (Å²) < 4.78 is 16.8. The SMILES string of the molecule is CNCCCN(C)Cc1c[nH]c2[nH+]cnc(Nc3cc(OC)c(OC)c(OCCCC(=O)O)c3)c12. The Balaban J connectivity index is 1.86. The number of hydrogen-bond acceptors (Lipinski definition) is 8. The number of methoxy groups -OCH3 is 2. The third-order valence-electron chi connectivity index (χ3n) is 5.51. The molecule has 0 spiro atoms. The Hall–Kier alpha value is -3.57. The van der Waals surface area contributed by atoms with Gasteiger partial charge in [-0.2, -0.15) is 0 Å². The lowest BCUT2D eigenvalue weighted by Crippen LogP contribution is -2.22. The molecule has 0 bridgehead atoms. The van der Waals surface area contributed by atoms with E-state index in [2.05, 4.69) is 37.5 Å². The number of carbonyl (C=O) groups is 1. The van der Waals surface area contributed by atoms with Crippen LogP contribution in [-0.4, -0.2) is 74.0 Å². The second kappa shape index (κ2) is 12.8. The molecule has 0 amide bonds. The summed E-state index contributed by atoms with van der Waals surface area (Å²) in [6, 6.07) is 3.60. The van der Waals surface area contributed by atoms with Gasteiger partial charge in [0, 0.05) is 36.3 Å². The first kappa shape index (κ1) is 26.0. The average Bonchev–Trinajstić information content (AvgIpc) is 3.25. The molecule has 2 heterocycles. The number of nitrogens with zero attached hydrogens (tertiary/aromatic N) is 2. The molecule has 0 unspecified atom stereocenters. The molecule has 0 aliphatic heterocycles. The highest BCUT2D eigenvalue weighted by Crippen LogP contribution is 2.41. The zero-order valence-electron chi connectivity index (χ0n) is 20.7. The first-order chi connectivity index (χ1) is 17.0. The van der Waals surface area contributed by atoms with E-state index >= 15 is 0 Å². The van der Waals surface area contributed by atoms with Crippen LogP contribution >= 0.6 is 0 Å². The van der Waals surface area contributed by atoms with Crippen LogP contribution in [0.1, 0.15) is 24.8 Å². The van der Waals surface area contributed by atoms with Gasteiger partial charge in [0.1, 0.15) is 5.39 Å². The van der Waals surface area contributed by atoms with Crippen molar-refractivity contribution in [3.8, 4) is 17.2 Å². The standard InChI is InChI=1S/C24H34N6O5/c1-25-8-6-9-30(2)14-16-13-26-23-21(16)24(28-15-27-23)29-17-11-18(33-3)22(34-4)19(12-17)35-10-5-7-20(31)32/h11-13,15,25H,5-10,14H2,1-4H3,(H,31,32)(H2,26,27,28,29)/p+1. The summed E-state index contributed by atoms with van der Waals surface area (Å²) in [6.45, 7) is 2.95. The summed E-state index contributed by atoms with van der Waals surface area (Å²) in [5, 5.41) is 16.4. The van der Waals surface area contributed by atoms with Crippen LogP contribution in [0.15, 0.2) is 24.7 Å². The third kappa shape index (κ3) is 6.96. The Morgan fingerprint density at radius 1 is 1.23 bits per heavy atom. The van der Waals surface area contributed by atoms with Gasteiger partial charge >= 0.3 is 5.97 Å². The lowest BCUT2D eigenvalue weighted by Gasteiger charge is -2.17. The highest BCUT2D eigenvalue weighted by Gasteiger charge is 2.20. The maximum absolute atomic E-state index is 10.8. The number of fused-ring (bicyclic) bond motifs is 1. The van der Waals surface area contributed by atoms with Crippen LogP contribution in [0.2, 0.25) is 0 Å². The van der Waals surface area contributed by atoms with Gasteiger partial charge in [-0.15, -0.1) is 0 Å². The predicted molar refractivity (Wildman–Crippen MR) is 133 cm³/mol. The van der Waals surface area contributed by atoms with Gasteiger partial charge in [-0.1, -0.05) is 4.98 Å². The molecule has 2 aromatic heterocycles. The van der Waals surface area contributed by atoms with Crippen LogP contribution in [0.5, 0.6) is 17.2 Å². The summed E-state index contributed by atoms with van der Waals surface area (Å²) in [7, 11) is 7.15. The largest absolute Gasteiger partial charge is 0.493 e. The minimum Gasteiger partial charge on any atom is -0.493 e. The topological polar surface area (TPSA) is 135 Å². The minimum absolute atomic E-state index is 0.0273. The number of carboxylic acid groups (broad SMARTS) is 1. The number of nitrogens with one attached hydrogen (secondary N) is 4. The van der Waals surface area contributed by atoms with E-state index in [9.17, 15) is 4.79 Å². The van der Waals surface area contributed by atoms with Gasteiger partial charge in [-0.3, -0.25) is 9.78 Å². The molecular formula is C24H35N6O5+. The number of anilines is 2. The molecule has 0 atom stereocenters. The molecule has 11 heteroatoms. The number of ether oxygens (including phenoxy) is 3. The van der Waals surface area contributed by atoms with Crippen molar-refractivity contribution >= 4 is 28.5 Å². The van der Waals surface area contributed by atoms with E-state index in [1.807, 2.05) is 19.3 Å². The average molecular weight is 488 g/mol. The third-order valence-corrected chi connectivity index (χ3v) is 5.51. The highest BCUT2D eigenvalue weighted by atomic mass is 16.5. The van der Waals surface area contributed by atoms with Crippen molar-refractivity contribution in [1.29, 1.82) is 0 Å². The van der Waals surface area contributed by atoms with E-state index in [1.165, 1.54) is 7.11 Å². The van der Waals surface area contributed by atoms with Crippen molar-refractivity contribution in [2.24, 2.45) is 0 Å². The zero-order valence-corrected chi connectivity index (χ0v) is 20.7. The molecule has 0 saturated heterocycles. The molecule has 5 N–H and O–H groups in total. The number of carboxylic acids is 1. The first-order valence-electron chi connectivity index (χ1n) is 11.5. The quantitative estimate of drug-likeness (QED) is 0.238. The normalized spacial score (nSPS) is 11.1. The number of benzene rings is 1. The Morgan fingerprint density at radius 2 is 2.03 bits per heavy atom. The van der Waals surface area contributed by atoms with Gasteiger partial charge in [0.15, 0.2) is 11.5 Å². The first-order valence-corrected chi connectivity index (χ1v) is 11.5. The van der Waals surface area contributed by atoms with E-state index in [-0.39, 0.29) is 13.0 Å². The molecule has 0 fully saturated rings. The van der Waals surface area contributed by atoms with E-state index in [1.54, 1.807) is 19.5 Å². The van der Waals surface area contributed by atoms with Gasteiger partial charge in [-0.25, -0.2) is 4.98 Å². The van der Waals surface area contributed by atoms with Crippen LogP contribution in [-0.2, 0) is 11.3 Å². The molecule has 3 rings (SSSR count). The molecular weight excluding hydrogens is 452 g/mol. The lowest BCUT2D eigenvalue weighted by molar-refractivity contribution is -0.352. The Morgan fingerprint density at radius 3 is 2.74 bits per heavy atom. The van der Waals surface area contributed by atoms with E-state index < -0.39 is 5.97 Å². The van der Waals surface area contributed by atoms with Crippen LogP contribution in [0.25, 0.3) is 11.0 Å². The van der Waals surface area contributed by atoms with Gasteiger partial charge in [0.25, 0.3) is 0 Å². The summed E-state index contributed by atoms with van der Waals surface area (Å²) in [5.41, 5.74) is 2.68. The minimum atomic E-state index is -0.862. The number of aromatic nitrogens is 3. The summed E-state index contributed by atoms with van der Waals surface area (Å²) >= 11 is 0. The molecule has 0 aliphatic carbocycles. The smallest absolute Gasteiger partial charge is 0.303 e. The lowest BCUT2D eigenvalue weighted by atomic mass is 10.2. The zero-order chi connectivity index (χ0) is 25.2. The Labute approximate surface area is 204 Å². The van der Waals surface area contributed by atoms with Gasteiger partial charge in [-0.05, 0) is 40.0 Å². The fourth-order valence-electron chi connectivity index (χ4n) is 3.84. The van der Waals surface area contributed by atoms with E-state index in [0.29, 0.717) is 35.2 Å². The molecule has 0 saturated carbocycles. The second-order valence-corrected chi connectivity index (χ2v) is 8.19. The molecule has 3 aromatic rings. The number of aromatic amines is 2. The monoisotopic (exact) mass is 487 g/mol. The summed E-state index contributed by atoms with van der Waals surface area (Å²) in [4.78, 5) is 24.1. The van der Waals surface area contributed by atoms with Crippen LogP contribution in [0.4, 0.5) is 11.5 Å². The van der Waals surface area contributed by atoms with Crippen molar-refractivity contribution in [3.05, 3.63) is 30.2 Å².